The van der Waals surface area contributed by atoms with Crippen molar-refractivity contribution >= 4 is 11.5 Å². The van der Waals surface area contributed by atoms with Crippen molar-refractivity contribution in [3.05, 3.63) is 76.9 Å². The second-order valence-corrected chi connectivity index (χ2v) is 7.80. The Morgan fingerprint density at radius 1 is 1.13 bits per heavy atom. The lowest BCUT2D eigenvalue weighted by Gasteiger charge is -2.31. The Hall–Kier alpha value is -2.74. The summed E-state index contributed by atoms with van der Waals surface area (Å²) in [7, 11) is 1.27. The largest absolute Gasteiger partial charge is 0.469 e. The molecular formula is C23H19F5O3. The summed E-state index contributed by atoms with van der Waals surface area (Å²) < 4.78 is 78.2. The molecule has 4 rings (SSSR count). The van der Waals surface area contributed by atoms with E-state index >= 15 is 0 Å². The van der Waals surface area contributed by atoms with E-state index in [0.29, 0.717) is 24.5 Å². The number of rotatable bonds is 3. The molecule has 2 aromatic rings. The first-order valence-corrected chi connectivity index (χ1v) is 9.71. The summed E-state index contributed by atoms with van der Waals surface area (Å²) in [6, 6.07) is 7.86. The predicted octanol–water partition coefficient (Wildman–Crippen LogP) is 5.50. The smallest absolute Gasteiger partial charge is 0.416 e. The molecule has 1 aliphatic carbocycles. The van der Waals surface area contributed by atoms with E-state index in [0.717, 1.165) is 12.1 Å². The Kier molecular flexibility index (Phi) is 5.37. The van der Waals surface area contributed by atoms with Crippen LogP contribution in [0.25, 0.3) is 5.57 Å². The highest BCUT2D eigenvalue weighted by atomic mass is 19.4. The topological polar surface area (TPSA) is 35.5 Å². The quantitative estimate of drug-likeness (QED) is 0.469. The van der Waals surface area contributed by atoms with Gasteiger partial charge in [-0.15, -0.1) is 0 Å². The van der Waals surface area contributed by atoms with Crippen LogP contribution < -0.4 is 0 Å². The molecule has 0 N–H and O–H groups in total. The molecule has 31 heavy (non-hydrogen) atoms. The van der Waals surface area contributed by atoms with Gasteiger partial charge in [0.25, 0.3) is 0 Å². The van der Waals surface area contributed by atoms with Crippen molar-refractivity contribution in [2.24, 2.45) is 5.92 Å². The molecule has 1 heterocycles. The average molecular weight is 438 g/mol. The van der Waals surface area contributed by atoms with Crippen LogP contribution in [0.1, 0.15) is 35.4 Å². The fourth-order valence-corrected chi connectivity index (χ4v) is 4.65. The zero-order chi connectivity index (χ0) is 22.4. The van der Waals surface area contributed by atoms with Crippen molar-refractivity contribution in [2.75, 3.05) is 13.7 Å². The molecule has 0 aromatic heterocycles. The van der Waals surface area contributed by atoms with E-state index in [1.54, 1.807) is 18.2 Å². The molecule has 2 aromatic carbocycles. The van der Waals surface area contributed by atoms with Crippen molar-refractivity contribution in [2.45, 2.75) is 30.5 Å². The summed E-state index contributed by atoms with van der Waals surface area (Å²) in [6.45, 7) is -0.107. The van der Waals surface area contributed by atoms with Gasteiger partial charge >= 0.3 is 12.1 Å². The van der Waals surface area contributed by atoms with Gasteiger partial charge in [-0.2, -0.15) is 13.2 Å². The fraction of sp³-hybridized carbons (Fsp3) is 0.348. The average Bonchev–Trinajstić information content (AvgIpc) is 3.32. The van der Waals surface area contributed by atoms with Crippen molar-refractivity contribution in [1.29, 1.82) is 0 Å². The van der Waals surface area contributed by atoms with Crippen LogP contribution in [0.4, 0.5) is 22.0 Å². The first-order chi connectivity index (χ1) is 14.6. The van der Waals surface area contributed by atoms with Crippen LogP contribution in [-0.4, -0.2) is 25.3 Å². The van der Waals surface area contributed by atoms with Gasteiger partial charge < -0.3 is 9.47 Å². The molecule has 3 nitrogen and oxygen atoms in total. The molecule has 0 radical (unpaired) electrons. The van der Waals surface area contributed by atoms with Crippen LogP contribution in [0.3, 0.4) is 0 Å². The first kappa shape index (κ1) is 21.5. The molecule has 164 valence electrons. The number of hydrogen-bond donors (Lipinski definition) is 0. The fourth-order valence-electron chi connectivity index (χ4n) is 4.65. The molecule has 3 unspecified atom stereocenters. The maximum Gasteiger partial charge on any atom is 0.416 e. The van der Waals surface area contributed by atoms with Gasteiger partial charge in [-0.25, -0.2) is 8.78 Å². The van der Waals surface area contributed by atoms with Gasteiger partial charge in [0.1, 0.15) is 11.6 Å². The Balaban J connectivity index is 1.78. The van der Waals surface area contributed by atoms with E-state index in [9.17, 15) is 26.7 Å². The second kappa shape index (κ2) is 7.75. The maximum absolute atomic E-state index is 14.4. The molecule has 3 atom stereocenters. The molecule has 2 aliphatic rings. The van der Waals surface area contributed by atoms with Crippen LogP contribution >= 0.6 is 0 Å². The van der Waals surface area contributed by atoms with Crippen LogP contribution in [-0.2, 0) is 20.4 Å². The molecule has 1 saturated carbocycles. The number of carbonyl (C=O) groups excluding carboxylic acids is 1. The number of hydrogen-bond acceptors (Lipinski definition) is 3. The standard InChI is InChI=1S/C23H19F5O3/c1-30-21(29)17-8-9-22(20(17)13-2-5-16(24)6-3-13)11-14(12-31-22)18-10-15(23(26,27)28)4-7-19(18)25/h2-7,10-11,17,20H,8-9,12H2,1H3. The number of carbonyl (C=O) groups is 1. The van der Waals surface area contributed by atoms with Gasteiger partial charge in [0.2, 0.25) is 0 Å². The van der Waals surface area contributed by atoms with Gasteiger partial charge in [-0.3, -0.25) is 4.79 Å². The Morgan fingerprint density at radius 2 is 1.84 bits per heavy atom. The predicted molar refractivity (Wildman–Crippen MR) is 102 cm³/mol. The molecule has 0 amide bonds. The highest BCUT2D eigenvalue weighted by molar-refractivity contribution is 5.76. The zero-order valence-electron chi connectivity index (χ0n) is 16.5. The van der Waals surface area contributed by atoms with Gasteiger partial charge in [-0.05, 0) is 60.4 Å². The highest BCUT2D eigenvalue weighted by Crippen LogP contribution is 2.54. The van der Waals surface area contributed by atoms with Crippen molar-refractivity contribution < 1.29 is 36.2 Å². The first-order valence-electron chi connectivity index (χ1n) is 9.71. The van der Waals surface area contributed by atoms with Crippen molar-refractivity contribution in [1.82, 2.24) is 0 Å². The molecule has 1 spiro atoms. The third kappa shape index (κ3) is 3.84. The number of alkyl halides is 3. The number of ether oxygens (including phenoxy) is 2. The van der Waals surface area contributed by atoms with E-state index in [4.69, 9.17) is 9.47 Å². The lowest BCUT2D eigenvalue weighted by molar-refractivity contribution is -0.146. The third-order valence-electron chi connectivity index (χ3n) is 6.06. The SMILES string of the molecule is COC(=O)C1CCC2(C=C(c3cc(C(F)(F)F)ccc3F)CO2)C1c1ccc(F)cc1. The molecule has 8 heteroatoms. The molecular weight excluding hydrogens is 419 g/mol. The van der Waals surface area contributed by atoms with Crippen LogP contribution in [0.2, 0.25) is 0 Å². The minimum Gasteiger partial charge on any atom is -0.469 e. The minimum absolute atomic E-state index is 0.107. The van der Waals surface area contributed by atoms with E-state index in [2.05, 4.69) is 0 Å². The summed E-state index contributed by atoms with van der Waals surface area (Å²) in [5, 5.41) is 0. The van der Waals surface area contributed by atoms with Gasteiger partial charge in [0.05, 0.1) is 30.8 Å². The third-order valence-corrected chi connectivity index (χ3v) is 6.06. The van der Waals surface area contributed by atoms with E-state index in [-0.39, 0.29) is 17.7 Å². The normalized spacial score (nSPS) is 25.7. The maximum atomic E-state index is 14.4. The van der Waals surface area contributed by atoms with Crippen LogP contribution in [0.5, 0.6) is 0 Å². The Labute approximate surface area is 175 Å². The zero-order valence-corrected chi connectivity index (χ0v) is 16.5. The summed E-state index contributed by atoms with van der Waals surface area (Å²) in [5.41, 5.74) is -1.27. The van der Waals surface area contributed by atoms with Gasteiger partial charge in [0.15, 0.2) is 0 Å². The summed E-state index contributed by atoms with van der Waals surface area (Å²) in [4.78, 5) is 12.4. The van der Waals surface area contributed by atoms with Gasteiger partial charge in [0, 0.05) is 11.5 Å². The minimum atomic E-state index is -4.61. The number of methoxy groups -OCH3 is 1. The van der Waals surface area contributed by atoms with E-state index < -0.39 is 46.8 Å². The Bertz CT molecular complexity index is 1030. The summed E-state index contributed by atoms with van der Waals surface area (Å²) in [6.07, 6.45) is -2.20. The van der Waals surface area contributed by atoms with E-state index in [1.165, 1.54) is 19.2 Å². The molecule has 0 saturated heterocycles. The molecule has 1 aliphatic heterocycles. The van der Waals surface area contributed by atoms with Crippen molar-refractivity contribution in [3.63, 3.8) is 0 Å². The number of halogens is 5. The molecule has 1 fully saturated rings. The van der Waals surface area contributed by atoms with Crippen LogP contribution in [0, 0.1) is 17.6 Å². The van der Waals surface area contributed by atoms with Crippen molar-refractivity contribution in [3.8, 4) is 0 Å². The lowest BCUT2D eigenvalue weighted by atomic mass is 9.79. The Morgan fingerprint density at radius 3 is 2.48 bits per heavy atom. The second-order valence-electron chi connectivity index (χ2n) is 7.80. The monoisotopic (exact) mass is 438 g/mol. The lowest BCUT2D eigenvalue weighted by Crippen LogP contribution is -2.34. The summed E-state index contributed by atoms with van der Waals surface area (Å²) >= 11 is 0. The highest BCUT2D eigenvalue weighted by Gasteiger charge is 2.54. The van der Waals surface area contributed by atoms with Crippen LogP contribution in [0.15, 0.2) is 48.5 Å². The van der Waals surface area contributed by atoms with Gasteiger partial charge in [-0.1, -0.05) is 12.1 Å². The molecule has 0 bridgehead atoms. The van der Waals surface area contributed by atoms with E-state index in [1.807, 2.05) is 0 Å². The summed E-state index contributed by atoms with van der Waals surface area (Å²) in [5.74, 6) is -2.83. The number of benzene rings is 2. The number of esters is 1.